The van der Waals surface area contributed by atoms with Crippen LogP contribution in [-0.2, 0) is 14.8 Å². The molecule has 0 bridgehead atoms. The Morgan fingerprint density at radius 3 is 2.71 bits per heavy atom. The summed E-state index contributed by atoms with van der Waals surface area (Å²) in [6.45, 7) is 2.32. The highest BCUT2D eigenvalue weighted by molar-refractivity contribution is 7.91. The molecule has 1 aliphatic carbocycles. The van der Waals surface area contributed by atoms with Crippen LogP contribution in [0.1, 0.15) is 43.5 Å². The fraction of sp³-hybridized carbons (Fsp3) is 0.714. The van der Waals surface area contributed by atoms with Crippen molar-refractivity contribution in [3.05, 3.63) is 11.2 Å². The van der Waals surface area contributed by atoms with Gasteiger partial charge in [0.05, 0.1) is 11.2 Å². The molecule has 3 rings (SSSR count). The molecule has 1 aromatic heterocycles. The van der Waals surface area contributed by atoms with Gasteiger partial charge in [0.25, 0.3) is 10.0 Å². The lowest BCUT2D eigenvalue weighted by Crippen LogP contribution is -2.48. The van der Waals surface area contributed by atoms with E-state index in [0.29, 0.717) is 17.2 Å². The lowest BCUT2D eigenvalue weighted by Gasteiger charge is -2.37. The molecule has 21 heavy (non-hydrogen) atoms. The summed E-state index contributed by atoms with van der Waals surface area (Å²) in [6, 6.07) is -0.152. The molecule has 0 spiro atoms. The minimum absolute atomic E-state index is 0.103. The summed E-state index contributed by atoms with van der Waals surface area (Å²) in [5.74, 6) is 0.136. The van der Waals surface area contributed by atoms with Crippen LogP contribution in [-0.4, -0.2) is 36.1 Å². The molecular formula is C14H20N2O3S2. The third-order valence-corrected chi connectivity index (χ3v) is 7.75. The Morgan fingerprint density at radius 1 is 1.29 bits per heavy atom. The number of sulfonamides is 1. The van der Waals surface area contributed by atoms with Gasteiger partial charge < -0.3 is 0 Å². The van der Waals surface area contributed by atoms with E-state index in [0.717, 1.165) is 37.1 Å². The molecule has 2 atom stereocenters. The summed E-state index contributed by atoms with van der Waals surface area (Å²) >= 11 is 1.21. The van der Waals surface area contributed by atoms with Crippen molar-refractivity contribution in [2.24, 2.45) is 5.92 Å². The minimum atomic E-state index is -3.51. The average molecular weight is 328 g/mol. The maximum atomic E-state index is 12.9. The molecule has 2 unspecified atom stereocenters. The molecule has 0 amide bonds. The van der Waals surface area contributed by atoms with Gasteiger partial charge in [-0.1, -0.05) is 6.42 Å². The molecule has 2 fully saturated rings. The van der Waals surface area contributed by atoms with Crippen molar-refractivity contribution < 1.29 is 13.2 Å². The molecule has 1 saturated carbocycles. The van der Waals surface area contributed by atoms with Gasteiger partial charge in [-0.2, -0.15) is 4.31 Å². The lowest BCUT2D eigenvalue weighted by atomic mass is 9.90. The van der Waals surface area contributed by atoms with Crippen LogP contribution in [0.2, 0.25) is 0 Å². The first-order valence-corrected chi connectivity index (χ1v) is 9.73. The maximum Gasteiger partial charge on any atom is 0.254 e. The molecule has 1 saturated heterocycles. The van der Waals surface area contributed by atoms with E-state index in [1.165, 1.54) is 17.5 Å². The molecule has 5 nitrogen and oxygen atoms in total. The third kappa shape index (κ3) is 2.78. The number of hydrogen-bond donors (Lipinski definition) is 0. The highest BCUT2D eigenvalue weighted by atomic mass is 32.2. The minimum Gasteiger partial charge on any atom is -0.299 e. The number of nitrogens with zero attached hydrogens (tertiary/aromatic N) is 2. The predicted octanol–water partition coefficient (Wildman–Crippen LogP) is 2.36. The second kappa shape index (κ2) is 5.78. The van der Waals surface area contributed by atoms with Crippen molar-refractivity contribution in [2.45, 2.75) is 55.7 Å². The van der Waals surface area contributed by atoms with Gasteiger partial charge in [-0.3, -0.25) is 4.79 Å². The SMILES string of the molecule is Cc1ncc(S(=O)(=O)N2CCCCC2C2CCCC2=O)s1. The highest BCUT2D eigenvalue weighted by Crippen LogP contribution is 2.36. The van der Waals surface area contributed by atoms with Crippen molar-refractivity contribution in [1.82, 2.24) is 9.29 Å². The molecule has 2 aliphatic rings. The monoisotopic (exact) mass is 328 g/mol. The number of thiazole rings is 1. The van der Waals surface area contributed by atoms with Gasteiger partial charge in [0.2, 0.25) is 0 Å². The Balaban J connectivity index is 1.92. The molecule has 1 aliphatic heterocycles. The Bertz CT molecular complexity index is 638. The summed E-state index contributed by atoms with van der Waals surface area (Å²) < 4.78 is 27.6. The summed E-state index contributed by atoms with van der Waals surface area (Å²) in [6.07, 6.45) is 6.45. The maximum absolute atomic E-state index is 12.9. The molecule has 0 N–H and O–H groups in total. The van der Waals surface area contributed by atoms with E-state index in [4.69, 9.17) is 0 Å². The van der Waals surface area contributed by atoms with E-state index in [2.05, 4.69) is 4.98 Å². The molecule has 2 heterocycles. The zero-order chi connectivity index (χ0) is 15.0. The average Bonchev–Trinajstić information content (AvgIpc) is 3.08. The number of hydrogen-bond acceptors (Lipinski definition) is 5. The summed E-state index contributed by atoms with van der Waals surface area (Å²) in [7, 11) is -3.51. The Kier molecular flexibility index (Phi) is 4.16. The predicted molar refractivity (Wildman–Crippen MR) is 80.7 cm³/mol. The largest absolute Gasteiger partial charge is 0.299 e. The standard InChI is InChI=1S/C14H20N2O3S2/c1-10-15-9-14(20-10)21(18,19)16-8-3-2-6-12(16)11-5-4-7-13(11)17/h9,11-12H,2-8H2,1H3. The smallest absolute Gasteiger partial charge is 0.254 e. The Labute approximate surface area is 129 Å². The van der Waals surface area contributed by atoms with E-state index >= 15 is 0 Å². The Hall–Kier alpha value is -0.790. The van der Waals surface area contributed by atoms with Crippen molar-refractivity contribution in [3.8, 4) is 0 Å². The molecule has 116 valence electrons. The zero-order valence-electron chi connectivity index (χ0n) is 12.1. The van der Waals surface area contributed by atoms with Gasteiger partial charge in [0, 0.05) is 24.9 Å². The Morgan fingerprint density at radius 2 is 2.10 bits per heavy atom. The van der Waals surface area contributed by atoms with Crippen LogP contribution >= 0.6 is 11.3 Å². The van der Waals surface area contributed by atoms with Crippen LogP contribution in [0.4, 0.5) is 0 Å². The third-order valence-electron chi connectivity index (χ3n) is 4.48. The topological polar surface area (TPSA) is 67.3 Å². The van der Waals surface area contributed by atoms with Crippen LogP contribution in [0.25, 0.3) is 0 Å². The van der Waals surface area contributed by atoms with E-state index in [-0.39, 0.29) is 17.7 Å². The van der Waals surface area contributed by atoms with E-state index < -0.39 is 10.0 Å². The number of aryl methyl sites for hydroxylation is 1. The van der Waals surface area contributed by atoms with Gasteiger partial charge in [0.15, 0.2) is 4.21 Å². The zero-order valence-corrected chi connectivity index (χ0v) is 13.8. The van der Waals surface area contributed by atoms with Gasteiger partial charge in [-0.15, -0.1) is 11.3 Å². The molecule has 0 radical (unpaired) electrons. The molecule has 0 aromatic carbocycles. The number of rotatable bonds is 3. The molecule has 7 heteroatoms. The van der Waals surface area contributed by atoms with Crippen molar-refractivity contribution >= 4 is 27.1 Å². The number of carbonyl (C=O) groups excluding carboxylic acids is 1. The molecule has 1 aromatic rings. The van der Waals surface area contributed by atoms with Crippen LogP contribution in [0.3, 0.4) is 0 Å². The van der Waals surface area contributed by atoms with Crippen molar-refractivity contribution in [1.29, 1.82) is 0 Å². The van der Waals surface area contributed by atoms with Crippen LogP contribution in [0, 0.1) is 12.8 Å². The van der Waals surface area contributed by atoms with Gasteiger partial charge in [-0.05, 0) is 32.6 Å². The second-order valence-corrected chi connectivity index (χ2v) is 9.19. The summed E-state index contributed by atoms with van der Waals surface area (Å²) in [4.78, 5) is 16.1. The number of aromatic nitrogens is 1. The normalized spacial score (nSPS) is 28.1. The van der Waals surface area contributed by atoms with E-state index in [1.54, 1.807) is 11.2 Å². The molecular weight excluding hydrogens is 308 g/mol. The summed E-state index contributed by atoms with van der Waals surface area (Å²) in [5.41, 5.74) is 0. The number of Topliss-reactive ketones (excluding diaryl/α,β-unsaturated/α-hetero) is 1. The van der Waals surface area contributed by atoms with Crippen molar-refractivity contribution in [3.63, 3.8) is 0 Å². The van der Waals surface area contributed by atoms with Gasteiger partial charge in [0.1, 0.15) is 5.78 Å². The van der Waals surface area contributed by atoms with Crippen molar-refractivity contribution in [2.75, 3.05) is 6.54 Å². The number of ketones is 1. The fourth-order valence-electron chi connectivity index (χ4n) is 3.46. The van der Waals surface area contributed by atoms with Gasteiger partial charge in [-0.25, -0.2) is 13.4 Å². The van der Waals surface area contributed by atoms with Gasteiger partial charge >= 0.3 is 0 Å². The van der Waals surface area contributed by atoms with E-state index in [9.17, 15) is 13.2 Å². The first-order chi connectivity index (χ1) is 10.00. The van der Waals surface area contributed by atoms with E-state index in [1.807, 2.05) is 0 Å². The number of carbonyl (C=O) groups is 1. The second-order valence-electron chi connectivity index (χ2n) is 5.84. The van der Waals surface area contributed by atoms with Crippen LogP contribution < -0.4 is 0 Å². The number of piperidine rings is 1. The first kappa shape index (κ1) is 15.1. The summed E-state index contributed by atoms with van der Waals surface area (Å²) in [5, 5.41) is 0.749. The highest BCUT2D eigenvalue weighted by Gasteiger charge is 2.42. The quantitative estimate of drug-likeness (QED) is 0.854. The fourth-order valence-corrected chi connectivity index (χ4v) is 6.43. The lowest BCUT2D eigenvalue weighted by molar-refractivity contribution is -0.122. The van der Waals surface area contributed by atoms with Crippen LogP contribution in [0.5, 0.6) is 0 Å². The first-order valence-electron chi connectivity index (χ1n) is 7.47. The van der Waals surface area contributed by atoms with Crippen LogP contribution in [0.15, 0.2) is 10.4 Å².